The summed E-state index contributed by atoms with van der Waals surface area (Å²) in [5, 5.41) is 10.7. The second-order valence-electron chi connectivity index (χ2n) is 15.2. The van der Waals surface area contributed by atoms with Gasteiger partial charge in [0.15, 0.2) is 0 Å². The van der Waals surface area contributed by atoms with Crippen molar-refractivity contribution in [1.29, 1.82) is 0 Å². The molecule has 2 saturated heterocycles. The Labute approximate surface area is 319 Å². The number of amides is 3. The van der Waals surface area contributed by atoms with E-state index < -0.39 is 29.7 Å². The molecule has 16 heteroatoms. The Morgan fingerprint density at radius 1 is 0.982 bits per heavy atom. The Bertz CT molecular complexity index is 2380. The van der Waals surface area contributed by atoms with E-state index in [0.717, 1.165) is 98.0 Å². The van der Waals surface area contributed by atoms with E-state index >= 15 is 0 Å². The molecule has 2 aromatic carbocycles. The van der Waals surface area contributed by atoms with Crippen LogP contribution in [0.5, 0.6) is 5.75 Å². The number of piperidine rings is 2. The van der Waals surface area contributed by atoms with Gasteiger partial charge in [-0.15, -0.1) is 0 Å². The van der Waals surface area contributed by atoms with Crippen molar-refractivity contribution in [2.75, 3.05) is 32.1 Å². The van der Waals surface area contributed by atoms with E-state index in [1.807, 2.05) is 23.0 Å². The van der Waals surface area contributed by atoms with Crippen LogP contribution in [-0.4, -0.2) is 73.3 Å². The number of halogens is 3. The van der Waals surface area contributed by atoms with Crippen molar-refractivity contribution in [1.82, 2.24) is 34.1 Å². The van der Waals surface area contributed by atoms with Crippen LogP contribution in [0.15, 0.2) is 59.5 Å². The van der Waals surface area contributed by atoms with Crippen LogP contribution in [0.3, 0.4) is 0 Å². The minimum Gasteiger partial charge on any atom is -0.496 e. The van der Waals surface area contributed by atoms with Crippen molar-refractivity contribution < 1.29 is 32.3 Å². The number of carbonyl (C=O) groups is 3. The van der Waals surface area contributed by atoms with Crippen molar-refractivity contribution >= 4 is 45.3 Å². The zero-order valence-electron chi connectivity index (χ0n) is 31.1. The van der Waals surface area contributed by atoms with Gasteiger partial charge in [0.2, 0.25) is 11.8 Å². The molecule has 5 aromatic rings. The fourth-order valence-corrected chi connectivity index (χ4v) is 8.87. The lowest BCUT2D eigenvalue weighted by molar-refractivity contribution is -0.141. The van der Waals surface area contributed by atoms with Crippen LogP contribution in [0.4, 0.5) is 18.9 Å². The zero-order chi connectivity index (χ0) is 39.3. The highest BCUT2D eigenvalue weighted by molar-refractivity contribution is 6.04. The van der Waals surface area contributed by atoms with Gasteiger partial charge in [-0.1, -0.05) is 6.07 Å². The SMILES string of the molecule is COc1ccc2c(c1C1CCN(CC3CCC(n4cc5cc(NC(=O)c6cccc(C(F)(F)F)n6)ccc5n4)CC3)CC1)n(C)c(=O)n2C1CCC(=O)NC1=O. The van der Waals surface area contributed by atoms with Gasteiger partial charge in [0.1, 0.15) is 23.2 Å². The van der Waals surface area contributed by atoms with Crippen LogP contribution in [-0.2, 0) is 22.8 Å². The summed E-state index contributed by atoms with van der Waals surface area (Å²) in [6.07, 6.45) is 3.69. The van der Waals surface area contributed by atoms with Gasteiger partial charge in [-0.25, -0.2) is 9.78 Å². The molecular formula is C40H43F3N8O5. The van der Waals surface area contributed by atoms with Gasteiger partial charge in [-0.3, -0.25) is 33.5 Å². The largest absolute Gasteiger partial charge is 0.496 e. The number of nitrogens with zero attached hydrogens (tertiary/aromatic N) is 6. The fraction of sp³-hybridized carbons (Fsp3) is 0.450. The van der Waals surface area contributed by atoms with E-state index in [1.165, 1.54) is 10.6 Å². The van der Waals surface area contributed by atoms with Crippen LogP contribution in [0, 0.1) is 5.92 Å². The predicted molar refractivity (Wildman–Crippen MR) is 201 cm³/mol. The minimum absolute atomic E-state index is 0.170. The molecule has 0 radical (unpaired) electrons. The fourth-order valence-electron chi connectivity index (χ4n) is 8.87. The summed E-state index contributed by atoms with van der Waals surface area (Å²) in [6, 6.07) is 11.7. The van der Waals surface area contributed by atoms with Gasteiger partial charge < -0.3 is 15.0 Å². The number of likely N-dealkylation sites (tertiary alicyclic amines) is 1. The van der Waals surface area contributed by atoms with Crippen LogP contribution < -0.4 is 21.1 Å². The second-order valence-corrected chi connectivity index (χ2v) is 15.2. The van der Waals surface area contributed by atoms with Gasteiger partial charge in [0.05, 0.1) is 29.7 Å². The maximum atomic E-state index is 13.6. The van der Waals surface area contributed by atoms with E-state index in [0.29, 0.717) is 17.1 Å². The molecule has 0 spiro atoms. The average Bonchev–Trinajstić information content (AvgIpc) is 3.72. The summed E-state index contributed by atoms with van der Waals surface area (Å²) in [6.45, 7) is 2.84. The first-order valence-corrected chi connectivity index (χ1v) is 19.1. The van der Waals surface area contributed by atoms with Gasteiger partial charge >= 0.3 is 11.9 Å². The Balaban J connectivity index is 0.878. The number of aromatic nitrogens is 5. The standard InChI is InChI=1S/C40H43F3N8O5/c1-48-36-30(51(39(48)55)31-13-15-34(52)46-38(31)54)12-14-32(56-2)35(36)24-16-18-49(19-17-24)21-23-6-9-27(10-7-23)50-22-25-20-26(8-11-28(25)47-50)44-37(53)29-4-3-5-33(45-29)40(41,42)43/h3-5,8,11-12,14,20,22-24,27,31H,6-7,9-10,13,15-19,21H2,1-2H3,(H,44,53)(H,46,52,54). The van der Waals surface area contributed by atoms with E-state index in [4.69, 9.17) is 9.84 Å². The summed E-state index contributed by atoms with van der Waals surface area (Å²) in [7, 11) is 3.37. The maximum Gasteiger partial charge on any atom is 0.433 e. The highest BCUT2D eigenvalue weighted by atomic mass is 19.4. The topological polar surface area (TPSA) is 145 Å². The van der Waals surface area contributed by atoms with Crippen molar-refractivity contribution in [3.8, 4) is 5.75 Å². The molecule has 3 amide bonds. The predicted octanol–water partition coefficient (Wildman–Crippen LogP) is 5.95. The number of carbonyl (C=O) groups excluding carboxylic acids is 3. The number of rotatable bonds is 8. The molecule has 0 bridgehead atoms. The van der Waals surface area contributed by atoms with E-state index in [-0.39, 0.29) is 42.1 Å². The number of benzene rings is 2. The molecule has 1 saturated carbocycles. The number of ether oxygens (including phenoxy) is 1. The first-order chi connectivity index (χ1) is 26.9. The summed E-state index contributed by atoms with van der Waals surface area (Å²) < 4.78 is 50.2. The lowest BCUT2D eigenvalue weighted by Crippen LogP contribution is -2.44. The lowest BCUT2D eigenvalue weighted by atomic mass is 9.84. The van der Waals surface area contributed by atoms with Crippen molar-refractivity contribution in [2.45, 2.75) is 75.5 Å². The molecule has 1 atom stereocenters. The average molecular weight is 773 g/mol. The maximum absolute atomic E-state index is 13.6. The Morgan fingerprint density at radius 2 is 1.75 bits per heavy atom. The molecule has 2 N–H and O–H groups in total. The van der Waals surface area contributed by atoms with Crippen molar-refractivity contribution in [3.63, 3.8) is 0 Å². The summed E-state index contributed by atoms with van der Waals surface area (Å²) >= 11 is 0. The number of imide groups is 1. The highest BCUT2D eigenvalue weighted by Gasteiger charge is 2.35. The molecule has 1 aliphatic carbocycles. The number of aryl methyl sites for hydroxylation is 1. The first-order valence-electron chi connectivity index (χ1n) is 19.1. The summed E-state index contributed by atoms with van der Waals surface area (Å²) in [4.78, 5) is 56.9. The molecule has 2 aliphatic heterocycles. The van der Waals surface area contributed by atoms with Gasteiger partial charge in [-0.05, 0) is 112 Å². The lowest BCUT2D eigenvalue weighted by Gasteiger charge is -2.37. The molecule has 13 nitrogen and oxygen atoms in total. The number of methoxy groups -OCH3 is 1. The van der Waals surface area contributed by atoms with Gasteiger partial charge in [-0.2, -0.15) is 18.3 Å². The molecule has 294 valence electrons. The smallest absolute Gasteiger partial charge is 0.433 e. The first kappa shape index (κ1) is 37.4. The number of imidazole rings is 1. The number of alkyl halides is 3. The number of pyridine rings is 1. The second kappa shape index (κ2) is 14.9. The normalized spacial score (nSPS) is 21.4. The molecule has 1 unspecified atom stereocenters. The number of hydrogen-bond acceptors (Lipinski definition) is 8. The van der Waals surface area contributed by atoms with Crippen molar-refractivity contribution in [3.05, 3.63) is 82.2 Å². The van der Waals surface area contributed by atoms with Crippen LogP contribution in [0.25, 0.3) is 21.9 Å². The molecule has 56 heavy (non-hydrogen) atoms. The zero-order valence-corrected chi connectivity index (χ0v) is 31.1. The Hall–Kier alpha value is -5.51. The number of fused-ring (bicyclic) bond motifs is 2. The Morgan fingerprint density at radius 3 is 2.46 bits per heavy atom. The molecule has 3 aliphatic rings. The van der Waals surface area contributed by atoms with E-state index in [1.54, 1.807) is 36.9 Å². The molecular weight excluding hydrogens is 729 g/mol. The minimum atomic E-state index is -4.64. The molecule has 5 heterocycles. The molecule has 3 aromatic heterocycles. The monoisotopic (exact) mass is 772 g/mol. The van der Waals surface area contributed by atoms with E-state index in [2.05, 4.69) is 20.5 Å². The molecule has 3 fully saturated rings. The van der Waals surface area contributed by atoms with Crippen LogP contribution in [0.2, 0.25) is 0 Å². The summed E-state index contributed by atoms with van der Waals surface area (Å²) in [5.74, 6) is -0.0500. The third-order valence-corrected chi connectivity index (χ3v) is 11.7. The van der Waals surface area contributed by atoms with E-state index in [9.17, 15) is 32.3 Å². The third-order valence-electron chi connectivity index (χ3n) is 11.7. The quantitative estimate of drug-likeness (QED) is 0.184. The van der Waals surface area contributed by atoms with Crippen molar-refractivity contribution in [2.24, 2.45) is 13.0 Å². The number of nitrogens with one attached hydrogen (secondary N) is 2. The summed E-state index contributed by atoms with van der Waals surface area (Å²) in [5.41, 5.74) is 1.92. The molecule has 8 rings (SSSR count). The van der Waals surface area contributed by atoms with Gasteiger partial charge in [0.25, 0.3) is 5.91 Å². The number of hydrogen-bond donors (Lipinski definition) is 2. The Kier molecular flexibility index (Phi) is 9.93. The van der Waals surface area contributed by atoms with Crippen LogP contribution >= 0.6 is 0 Å². The highest BCUT2D eigenvalue weighted by Crippen LogP contribution is 2.41. The number of anilines is 1. The van der Waals surface area contributed by atoms with Gasteiger partial charge in [0, 0.05) is 42.8 Å². The third kappa shape index (κ3) is 7.17. The van der Waals surface area contributed by atoms with Crippen LogP contribution in [0.1, 0.15) is 91.1 Å².